The Bertz CT molecular complexity index is 563. The van der Waals surface area contributed by atoms with E-state index in [4.69, 9.17) is 11.6 Å². The Morgan fingerprint density at radius 1 is 1.35 bits per heavy atom. The predicted octanol–water partition coefficient (Wildman–Crippen LogP) is 3.03. The Labute approximate surface area is 125 Å². The summed E-state index contributed by atoms with van der Waals surface area (Å²) in [4.78, 5) is 4.30. The van der Waals surface area contributed by atoms with Gasteiger partial charge < -0.3 is 5.32 Å². The number of hydrogen-bond donors (Lipinski definition) is 1. The fourth-order valence-corrected chi connectivity index (χ4v) is 2.27. The van der Waals surface area contributed by atoms with Crippen molar-refractivity contribution in [3.63, 3.8) is 0 Å². The van der Waals surface area contributed by atoms with Crippen molar-refractivity contribution in [1.82, 2.24) is 20.1 Å². The van der Waals surface area contributed by atoms with E-state index in [1.54, 1.807) is 6.33 Å². The molecule has 0 saturated carbocycles. The molecule has 0 unspecified atom stereocenters. The van der Waals surface area contributed by atoms with E-state index < -0.39 is 0 Å². The third kappa shape index (κ3) is 4.05. The van der Waals surface area contributed by atoms with Gasteiger partial charge >= 0.3 is 0 Å². The number of halogens is 1. The SMILES string of the molecule is Cc1ccc(Cn2ncnc2CNCC(C)C)c(Cl)c1. The van der Waals surface area contributed by atoms with Crippen molar-refractivity contribution in [2.24, 2.45) is 5.92 Å². The van der Waals surface area contributed by atoms with Gasteiger partial charge in [0, 0.05) is 5.02 Å². The average Bonchev–Trinajstić information content (AvgIpc) is 2.80. The molecule has 0 aliphatic rings. The van der Waals surface area contributed by atoms with E-state index in [0.717, 1.165) is 35.1 Å². The zero-order chi connectivity index (χ0) is 14.5. The quantitative estimate of drug-likeness (QED) is 0.890. The first-order valence-corrected chi connectivity index (χ1v) is 7.26. The first-order valence-electron chi connectivity index (χ1n) is 6.88. The van der Waals surface area contributed by atoms with Crippen LogP contribution in [-0.2, 0) is 13.1 Å². The molecule has 0 radical (unpaired) electrons. The standard InChI is InChI=1S/C15H21ClN4/c1-11(2)7-17-8-15-18-10-19-20(15)9-13-5-4-12(3)6-14(13)16/h4-6,10-11,17H,7-9H2,1-3H3. The van der Waals surface area contributed by atoms with Gasteiger partial charge in [0.2, 0.25) is 0 Å². The van der Waals surface area contributed by atoms with Gasteiger partial charge in [0.1, 0.15) is 12.2 Å². The van der Waals surface area contributed by atoms with Gasteiger partial charge in [-0.1, -0.05) is 37.6 Å². The summed E-state index contributed by atoms with van der Waals surface area (Å²) in [6.45, 7) is 8.75. The zero-order valence-electron chi connectivity index (χ0n) is 12.2. The molecule has 1 aromatic carbocycles. The molecular weight excluding hydrogens is 272 g/mol. The second-order valence-electron chi connectivity index (χ2n) is 5.45. The maximum atomic E-state index is 6.27. The maximum absolute atomic E-state index is 6.27. The van der Waals surface area contributed by atoms with Crippen LogP contribution in [-0.4, -0.2) is 21.3 Å². The summed E-state index contributed by atoms with van der Waals surface area (Å²) in [5.74, 6) is 1.56. The summed E-state index contributed by atoms with van der Waals surface area (Å²) in [6, 6.07) is 6.09. The van der Waals surface area contributed by atoms with Crippen LogP contribution in [0.1, 0.15) is 30.8 Å². The summed E-state index contributed by atoms with van der Waals surface area (Å²) in [5, 5.41) is 8.44. The monoisotopic (exact) mass is 292 g/mol. The van der Waals surface area contributed by atoms with Crippen LogP contribution >= 0.6 is 11.6 Å². The van der Waals surface area contributed by atoms with Gasteiger partial charge in [-0.2, -0.15) is 5.10 Å². The number of benzene rings is 1. The fraction of sp³-hybridized carbons (Fsp3) is 0.467. The van der Waals surface area contributed by atoms with E-state index in [0.29, 0.717) is 12.5 Å². The molecule has 1 aromatic heterocycles. The number of nitrogens with zero attached hydrogens (tertiary/aromatic N) is 3. The van der Waals surface area contributed by atoms with E-state index in [2.05, 4.69) is 35.3 Å². The topological polar surface area (TPSA) is 42.7 Å². The zero-order valence-corrected chi connectivity index (χ0v) is 13.0. The highest BCUT2D eigenvalue weighted by atomic mass is 35.5. The Hall–Kier alpha value is -1.39. The maximum Gasteiger partial charge on any atom is 0.141 e. The number of rotatable bonds is 6. The van der Waals surface area contributed by atoms with Crippen LogP contribution < -0.4 is 5.32 Å². The molecule has 0 atom stereocenters. The van der Waals surface area contributed by atoms with Gasteiger partial charge in [0.15, 0.2) is 0 Å². The Morgan fingerprint density at radius 2 is 2.15 bits per heavy atom. The van der Waals surface area contributed by atoms with Crippen LogP contribution in [0.5, 0.6) is 0 Å². The molecule has 108 valence electrons. The van der Waals surface area contributed by atoms with Gasteiger partial charge in [0.25, 0.3) is 0 Å². The summed E-state index contributed by atoms with van der Waals surface area (Å²) in [5.41, 5.74) is 2.23. The molecule has 4 nitrogen and oxygen atoms in total. The summed E-state index contributed by atoms with van der Waals surface area (Å²) in [6.07, 6.45) is 1.59. The smallest absolute Gasteiger partial charge is 0.141 e. The molecule has 0 amide bonds. The van der Waals surface area contributed by atoms with Gasteiger partial charge in [-0.3, -0.25) is 0 Å². The average molecular weight is 293 g/mol. The minimum atomic E-state index is 0.623. The summed E-state index contributed by atoms with van der Waals surface area (Å²) < 4.78 is 1.89. The molecular formula is C15H21ClN4. The fourth-order valence-electron chi connectivity index (χ4n) is 1.97. The lowest BCUT2D eigenvalue weighted by Gasteiger charge is -2.10. The van der Waals surface area contributed by atoms with Crippen LogP contribution in [0.3, 0.4) is 0 Å². The number of aryl methyl sites for hydroxylation is 1. The predicted molar refractivity (Wildman–Crippen MR) is 81.9 cm³/mol. The molecule has 0 aliphatic heterocycles. The minimum absolute atomic E-state index is 0.623. The Balaban J connectivity index is 2.04. The lowest BCUT2D eigenvalue weighted by atomic mass is 10.1. The van der Waals surface area contributed by atoms with Crippen LogP contribution in [0.15, 0.2) is 24.5 Å². The van der Waals surface area contributed by atoms with Crippen molar-refractivity contribution >= 4 is 11.6 Å². The second-order valence-corrected chi connectivity index (χ2v) is 5.86. The molecule has 20 heavy (non-hydrogen) atoms. The van der Waals surface area contributed by atoms with Crippen molar-refractivity contribution in [3.8, 4) is 0 Å². The molecule has 0 bridgehead atoms. The van der Waals surface area contributed by atoms with Crippen molar-refractivity contribution in [2.45, 2.75) is 33.9 Å². The highest BCUT2D eigenvalue weighted by molar-refractivity contribution is 6.31. The number of nitrogens with one attached hydrogen (secondary N) is 1. The van der Waals surface area contributed by atoms with E-state index in [9.17, 15) is 0 Å². The molecule has 0 spiro atoms. The molecule has 5 heteroatoms. The molecule has 0 saturated heterocycles. The van der Waals surface area contributed by atoms with Crippen molar-refractivity contribution in [3.05, 3.63) is 46.5 Å². The number of hydrogen-bond acceptors (Lipinski definition) is 3. The number of aromatic nitrogens is 3. The molecule has 2 aromatic rings. The molecule has 2 rings (SSSR count). The first kappa shape index (κ1) is 15.0. The van der Waals surface area contributed by atoms with Crippen molar-refractivity contribution in [1.29, 1.82) is 0 Å². The van der Waals surface area contributed by atoms with E-state index >= 15 is 0 Å². The van der Waals surface area contributed by atoms with E-state index in [-0.39, 0.29) is 0 Å². The molecule has 0 fully saturated rings. The summed E-state index contributed by atoms with van der Waals surface area (Å²) in [7, 11) is 0. The summed E-state index contributed by atoms with van der Waals surface area (Å²) >= 11 is 6.27. The Morgan fingerprint density at radius 3 is 2.85 bits per heavy atom. The third-order valence-corrected chi connectivity index (χ3v) is 3.41. The third-order valence-electron chi connectivity index (χ3n) is 3.06. The van der Waals surface area contributed by atoms with Crippen LogP contribution in [0.4, 0.5) is 0 Å². The highest BCUT2D eigenvalue weighted by Crippen LogP contribution is 2.18. The lowest BCUT2D eigenvalue weighted by molar-refractivity contribution is 0.523. The minimum Gasteiger partial charge on any atom is -0.310 e. The molecule has 1 N–H and O–H groups in total. The van der Waals surface area contributed by atoms with E-state index in [1.165, 1.54) is 0 Å². The highest BCUT2D eigenvalue weighted by Gasteiger charge is 2.07. The Kier molecular flexibility index (Phi) is 5.15. The van der Waals surface area contributed by atoms with Gasteiger partial charge in [-0.25, -0.2) is 9.67 Å². The van der Waals surface area contributed by atoms with Gasteiger partial charge in [-0.15, -0.1) is 0 Å². The normalized spacial score (nSPS) is 11.2. The van der Waals surface area contributed by atoms with Crippen LogP contribution in [0.25, 0.3) is 0 Å². The largest absolute Gasteiger partial charge is 0.310 e. The van der Waals surface area contributed by atoms with Gasteiger partial charge in [0.05, 0.1) is 13.1 Å². The van der Waals surface area contributed by atoms with Crippen molar-refractivity contribution in [2.75, 3.05) is 6.54 Å². The molecule has 1 heterocycles. The second kappa shape index (κ2) is 6.86. The lowest BCUT2D eigenvalue weighted by Crippen LogP contribution is -2.22. The first-order chi connectivity index (χ1) is 9.56. The van der Waals surface area contributed by atoms with Crippen LogP contribution in [0, 0.1) is 12.8 Å². The van der Waals surface area contributed by atoms with Crippen molar-refractivity contribution < 1.29 is 0 Å². The van der Waals surface area contributed by atoms with Gasteiger partial charge in [-0.05, 0) is 36.6 Å². The van der Waals surface area contributed by atoms with Crippen LogP contribution in [0.2, 0.25) is 5.02 Å². The van der Waals surface area contributed by atoms with E-state index in [1.807, 2.05) is 23.7 Å². The molecule has 0 aliphatic carbocycles.